The van der Waals surface area contributed by atoms with Gasteiger partial charge < -0.3 is 31.2 Å². The van der Waals surface area contributed by atoms with Gasteiger partial charge in [0, 0.05) is 47.8 Å². The van der Waals surface area contributed by atoms with Crippen molar-refractivity contribution in [1.29, 1.82) is 0 Å². The van der Waals surface area contributed by atoms with Crippen molar-refractivity contribution in [3.05, 3.63) is 131 Å². The molecule has 8 rings (SSSR count). The molecule has 2 amide bonds. The van der Waals surface area contributed by atoms with E-state index in [0.717, 1.165) is 11.4 Å². The predicted molar refractivity (Wildman–Crippen MR) is 209 cm³/mol. The first-order chi connectivity index (χ1) is 27.7. The summed E-state index contributed by atoms with van der Waals surface area (Å²) in [6.07, 6.45) is 6.20. The van der Waals surface area contributed by atoms with Gasteiger partial charge in [0.05, 0.1) is 24.6 Å². The summed E-state index contributed by atoms with van der Waals surface area (Å²) in [4.78, 5) is 39.4. The third-order valence-electron chi connectivity index (χ3n) is 9.24. The maximum Gasteiger partial charge on any atom is 0.269 e. The zero-order chi connectivity index (χ0) is 41.2. The molecule has 0 saturated carbocycles. The minimum absolute atomic E-state index is 0.0218. The summed E-state index contributed by atoms with van der Waals surface area (Å²) in [5, 5.41) is 29.9. The van der Waals surface area contributed by atoms with E-state index in [1.54, 1.807) is 94.8 Å². The van der Waals surface area contributed by atoms with Gasteiger partial charge in [-0.05, 0) is 74.5 Å². The van der Waals surface area contributed by atoms with Crippen LogP contribution in [0, 0.1) is 23.7 Å². The number of primary amides is 2. The summed E-state index contributed by atoms with van der Waals surface area (Å²) >= 11 is 0. The highest BCUT2D eigenvalue weighted by molar-refractivity contribution is 5.91. The van der Waals surface area contributed by atoms with E-state index in [2.05, 4.69) is 53.8 Å². The average Bonchev–Trinajstić information content (AvgIpc) is 3.83. The van der Waals surface area contributed by atoms with Crippen molar-refractivity contribution in [3.63, 3.8) is 0 Å². The van der Waals surface area contributed by atoms with Crippen LogP contribution in [-0.4, -0.2) is 74.7 Å². The van der Waals surface area contributed by atoms with E-state index in [9.17, 15) is 19.8 Å². The lowest BCUT2D eigenvalue weighted by Crippen LogP contribution is -2.21. The molecule has 292 valence electrons. The minimum Gasteiger partial charge on any atom is -0.491 e. The number of nitrogens with two attached hydrogens (primary N) is 2. The average molecular weight is 779 g/mol. The monoisotopic (exact) mass is 778 g/mol. The lowest BCUT2D eigenvalue weighted by atomic mass is 10.1. The van der Waals surface area contributed by atoms with Crippen LogP contribution in [0.4, 0.5) is 0 Å². The van der Waals surface area contributed by atoms with Crippen LogP contribution in [0.25, 0.3) is 11.4 Å². The summed E-state index contributed by atoms with van der Waals surface area (Å²) in [6, 6.07) is 17.5. The fourth-order valence-corrected chi connectivity index (χ4v) is 6.09. The molecule has 6 heterocycles. The third-order valence-corrected chi connectivity index (χ3v) is 9.24. The van der Waals surface area contributed by atoms with E-state index in [1.165, 1.54) is 13.8 Å². The smallest absolute Gasteiger partial charge is 0.269 e. The molecule has 2 aliphatic rings. The van der Waals surface area contributed by atoms with Crippen molar-refractivity contribution >= 4 is 11.8 Å². The Morgan fingerprint density at radius 2 is 1.05 bits per heavy atom. The zero-order valence-corrected chi connectivity index (χ0v) is 31.9. The van der Waals surface area contributed by atoms with E-state index < -0.39 is 23.0 Å². The number of hydrogen-bond donors (Lipinski definition) is 4. The first-order valence-corrected chi connectivity index (χ1v) is 18.1. The summed E-state index contributed by atoms with van der Waals surface area (Å²) < 4.78 is 15.1. The Labute approximate surface area is 332 Å². The highest BCUT2D eigenvalue weighted by atomic mass is 16.5. The molecule has 2 aliphatic heterocycles. The second-order valence-corrected chi connectivity index (χ2v) is 14.0. The second kappa shape index (κ2) is 15.6. The van der Waals surface area contributed by atoms with Gasteiger partial charge in [-0.25, -0.2) is 29.3 Å². The van der Waals surface area contributed by atoms with Crippen LogP contribution in [-0.2, 0) is 11.2 Å². The Balaban J connectivity index is 0.000000177. The first-order valence-electron chi connectivity index (χ1n) is 18.1. The molecular formula is C42H38N10O6. The van der Waals surface area contributed by atoms with Gasteiger partial charge >= 0.3 is 0 Å². The molecule has 0 radical (unpaired) electrons. The maximum atomic E-state index is 11.6. The topological polar surface area (TPSA) is 232 Å². The van der Waals surface area contributed by atoms with Gasteiger partial charge in [0.1, 0.15) is 22.9 Å². The number of ether oxygens (including phenoxy) is 2. The number of aliphatic hydroxyl groups is 2. The molecule has 0 unspecified atom stereocenters. The van der Waals surface area contributed by atoms with Gasteiger partial charge in [-0.3, -0.25) is 9.59 Å². The van der Waals surface area contributed by atoms with Crippen LogP contribution in [0.3, 0.4) is 0 Å². The molecule has 58 heavy (non-hydrogen) atoms. The molecule has 0 fully saturated rings. The van der Waals surface area contributed by atoms with E-state index in [0.29, 0.717) is 47.2 Å². The standard InChI is InChI=1S/2C21H19N5O3/c2*1-13-12-29-18-5-4-14(6-7-21(2,28)20-23-8-3-9-24-20)10-17(18)26-16(13)11-15(25-26)19(22)27/h2*3-5,8-11,13,28H,12H2,1-2H3,(H2,22,27)/t13-,21+;13-,21-/m01/s1. The van der Waals surface area contributed by atoms with Crippen LogP contribution < -0.4 is 20.9 Å². The molecule has 6 N–H and O–H groups in total. The number of hydrogen-bond acceptors (Lipinski definition) is 12. The lowest BCUT2D eigenvalue weighted by molar-refractivity contribution is 0.0987. The van der Waals surface area contributed by atoms with Crippen molar-refractivity contribution in [2.75, 3.05) is 13.2 Å². The highest BCUT2D eigenvalue weighted by Gasteiger charge is 2.27. The van der Waals surface area contributed by atoms with Gasteiger partial charge in [0.25, 0.3) is 11.8 Å². The number of amides is 2. The molecule has 16 heteroatoms. The van der Waals surface area contributed by atoms with Crippen LogP contribution >= 0.6 is 0 Å². The number of carbonyl (C=O) groups is 2. The number of benzene rings is 2. The third kappa shape index (κ3) is 8.10. The molecule has 4 atom stereocenters. The molecule has 16 nitrogen and oxygen atoms in total. The molecule has 0 bridgehead atoms. The Bertz CT molecular complexity index is 2470. The van der Waals surface area contributed by atoms with Crippen molar-refractivity contribution in [2.45, 2.75) is 50.7 Å². The Morgan fingerprint density at radius 3 is 1.41 bits per heavy atom. The molecular weight excluding hydrogens is 741 g/mol. The van der Waals surface area contributed by atoms with E-state index >= 15 is 0 Å². The van der Waals surface area contributed by atoms with Gasteiger partial charge in [-0.2, -0.15) is 10.2 Å². The maximum absolute atomic E-state index is 11.6. The Morgan fingerprint density at radius 1 is 0.672 bits per heavy atom. The van der Waals surface area contributed by atoms with E-state index in [1.807, 2.05) is 13.8 Å². The van der Waals surface area contributed by atoms with E-state index in [4.69, 9.17) is 20.9 Å². The minimum atomic E-state index is -1.50. The van der Waals surface area contributed by atoms with E-state index in [-0.39, 0.29) is 34.9 Å². The molecule has 6 aromatic rings. The van der Waals surface area contributed by atoms with Gasteiger partial charge in [-0.1, -0.05) is 37.5 Å². The normalized spacial score (nSPS) is 16.9. The number of rotatable bonds is 4. The number of fused-ring (bicyclic) bond motifs is 6. The van der Waals surface area contributed by atoms with Crippen LogP contribution in [0.1, 0.15) is 94.7 Å². The largest absolute Gasteiger partial charge is 0.491 e. The first kappa shape index (κ1) is 38.9. The van der Waals surface area contributed by atoms with Crippen molar-refractivity contribution < 1.29 is 29.3 Å². The summed E-state index contributed by atoms with van der Waals surface area (Å²) in [6.45, 7) is 7.94. The van der Waals surface area contributed by atoms with Gasteiger partial charge in [0.15, 0.2) is 34.2 Å². The molecule has 4 aromatic heterocycles. The quantitative estimate of drug-likeness (QED) is 0.189. The van der Waals surface area contributed by atoms with Crippen molar-refractivity contribution in [2.24, 2.45) is 11.5 Å². The lowest BCUT2D eigenvalue weighted by Gasteiger charge is -2.13. The Kier molecular flexibility index (Phi) is 10.5. The van der Waals surface area contributed by atoms with Crippen molar-refractivity contribution in [3.8, 4) is 46.6 Å². The number of carbonyl (C=O) groups excluding carboxylic acids is 2. The fraction of sp³-hybridized carbons (Fsp3) is 0.238. The molecule has 2 aromatic carbocycles. The van der Waals surface area contributed by atoms with Crippen LogP contribution in [0.15, 0.2) is 85.5 Å². The summed E-state index contributed by atoms with van der Waals surface area (Å²) in [7, 11) is 0. The SMILES string of the molecule is C[C@@H]1COc2ccc(C#C[C@@](C)(O)c3ncccn3)cc2-n2nc(C(N)=O)cc21.C[C@H]1COc2ccc(C#C[C@@](C)(O)c3ncccn3)cc2-n2nc(C(N)=O)cc21. The number of aromatic nitrogens is 8. The summed E-state index contributed by atoms with van der Waals surface area (Å²) in [5.74, 6) is 12.1. The molecule has 0 saturated heterocycles. The highest BCUT2D eigenvalue weighted by Crippen LogP contribution is 2.34. The van der Waals surface area contributed by atoms with Gasteiger partial charge in [0.2, 0.25) is 0 Å². The molecule has 0 aliphatic carbocycles. The second-order valence-electron chi connectivity index (χ2n) is 14.0. The summed E-state index contributed by atoms with van der Waals surface area (Å²) in [5.41, 5.74) is 12.4. The fourth-order valence-electron chi connectivity index (χ4n) is 6.09. The van der Waals surface area contributed by atoms with Crippen LogP contribution in [0.2, 0.25) is 0 Å². The molecule has 0 spiro atoms. The van der Waals surface area contributed by atoms with Crippen molar-refractivity contribution in [1.82, 2.24) is 39.5 Å². The predicted octanol–water partition coefficient (Wildman–Crippen LogP) is 3.03. The Hall–Kier alpha value is -7.40. The zero-order valence-electron chi connectivity index (χ0n) is 31.9. The number of nitrogens with zero attached hydrogens (tertiary/aromatic N) is 8. The van der Waals surface area contributed by atoms with Gasteiger partial charge in [-0.15, -0.1) is 0 Å². The van der Waals surface area contributed by atoms with Crippen LogP contribution in [0.5, 0.6) is 11.5 Å².